The average Bonchev–Trinajstić information content (AvgIpc) is 2.33. The fourth-order valence-electron chi connectivity index (χ4n) is 2.02. The molecule has 90 valence electrons. The lowest BCUT2D eigenvalue weighted by Crippen LogP contribution is -2.44. The second-order valence-corrected chi connectivity index (χ2v) is 4.13. The third-order valence-corrected chi connectivity index (χ3v) is 2.86. The van der Waals surface area contributed by atoms with Crippen molar-refractivity contribution in [2.45, 2.75) is 19.3 Å². The van der Waals surface area contributed by atoms with E-state index in [1.165, 1.54) is 0 Å². The summed E-state index contributed by atoms with van der Waals surface area (Å²) in [6.07, 6.45) is 2.52. The van der Waals surface area contributed by atoms with Gasteiger partial charge in [-0.1, -0.05) is 0 Å². The molecule has 5 heteroatoms. The molecule has 0 spiro atoms. The van der Waals surface area contributed by atoms with E-state index in [1.807, 2.05) is 0 Å². The summed E-state index contributed by atoms with van der Waals surface area (Å²) in [7, 11) is 0. The molecule has 0 saturated carbocycles. The molecule has 1 atom stereocenters. The smallest absolute Gasteiger partial charge is 0.224 e. The molecule has 1 rings (SSSR count). The van der Waals surface area contributed by atoms with Gasteiger partial charge in [0.15, 0.2) is 0 Å². The van der Waals surface area contributed by atoms with Crippen molar-refractivity contribution in [2.24, 2.45) is 11.7 Å². The summed E-state index contributed by atoms with van der Waals surface area (Å²) in [6, 6.07) is 2.13. The maximum absolute atomic E-state index is 11.7. The fourth-order valence-corrected chi connectivity index (χ4v) is 2.02. The van der Waals surface area contributed by atoms with Gasteiger partial charge in [-0.15, -0.1) is 0 Å². The SMILES string of the molecule is N#CCCN1CCCC(C(=O)NCCN)C1. The number of amides is 1. The average molecular weight is 224 g/mol. The molecule has 5 nitrogen and oxygen atoms in total. The molecule has 0 aromatic heterocycles. The molecule has 1 unspecified atom stereocenters. The molecule has 0 aliphatic carbocycles. The summed E-state index contributed by atoms with van der Waals surface area (Å²) in [5, 5.41) is 11.3. The third kappa shape index (κ3) is 4.17. The number of carbonyl (C=O) groups is 1. The van der Waals surface area contributed by atoms with Gasteiger partial charge in [0.1, 0.15) is 0 Å². The second kappa shape index (κ2) is 7.20. The number of nitrogens with zero attached hydrogens (tertiary/aromatic N) is 2. The van der Waals surface area contributed by atoms with Crippen molar-refractivity contribution < 1.29 is 4.79 Å². The highest BCUT2D eigenvalue weighted by molar-refractivity contribution is 5.78. The number of rotatable bonds is 5. The Morgan fingerprint density at radius 2 is 2.44 bits per heavy atom. The highest BCUT2D eigenvalue weighted by Gasteiger charge is 2.24. The molecular weight excluding hydrogens is 204 g/mol. The molecule has 0 aromatic carbocycles. The van der Waals surface area contributed by atoms with Gasteiger partial charge < -0.3 is 16.0 Å². The van der Waals surface area contributed by atoms with Crippen molar-refractivity contribution in [1.29, 1.82) is 5.26 Å². The van der Waals surface area contributed by atoms with Gasteiger partial charge >= 0.3 is 0 Å². The Morgan fingerprint density at radius 3 is 3.12 bits per heavy atom. The van der Waals surface area contributed by atoms with Crippen LogP contribution in [-0.4, -0.2) is 43.5 Å². The maximum Gasteiger partial charge on any atom is 0.224 e. The van der Waals surface area contributed by atoms with Crippen LogP contribution in [0.15, 0.2) is 0 Å². The largest absolute Gasteiger partial charge is 0.355 e. The predicted octanol–water partition coefficient (Wildman–Crippen LogP) is -0.313. The second-order valence-electron chi connectivity index (χ2n) is 4.13. The molecule has 1 aliphatic rings. The van der Waals surface area contributed by atoms with E-state index in [4.69, 9.17) is 11.0 Å². The predicted molar refractivity (Wildman–Crippen MR) is 61.5 cm³/mol. The van der Waals surface area contributed by atoms with Crippen LogP contribution in [-0.2, 0) is 4.79 Å². The molecule has 1 aliphatic heterocycles. The minimum Gasteiger partial charge on any atom is -0.355 e. The number of hydrogen-bond acceptors (Lipinski definition) is 4. The molecule has 0 radical (unpaired) electrons. The lowest BCUT2D eigenvalue weighted by molar-refractivity contribution is -0.126. The molecule has 3 N–H and O–H groups in total. The van der Waals surface area contributed by atoms with E-state index < -0.39 is 0 Å². The van der Waals surface area contributed by atoms with Crippen molar-refractivity contribution in [3.63, 3.8) is 0 Å². The Morgan fingerprint density at radius 1 is 1.62 bits per heavy atom. The zero-order valence-corrected chi connectivity index (χ0v) is 9.61. The normalized spacial score (nSPS) is 21.4. The molecular formula is C11H20N4O. The quantitative estimate of drug-likeness (QED) is 0.671. The zero-order valence-electron chi connectivity index (χ0n) is 9.61. The number of nitrogens with one attached hydrogen (secondary N) is 1. The van der Waals surface area contributed by atoms with E-state index in [0.29, 0.717) is 19.5 Å². The highest BCUT2D eigenvalue weighted by atomic mass is 16.1. The lowest BCUT2D eigenvalue weighted by atomic mass is 9.97. The number of nitrogens with two attached hydrogens (primary N) is 1. The van der Waals surface area contributed by atoms with E-state index in [1.54, 1.807) is 0 Å². The van der Waals surface area contributed by atoms with E-state index in [9.17, 15) is 4.79 Å². The summed E-state index contributed by atoms with van der Waals surface area (Å²) in [4.78, 5) is 13.9. The summed E-state index contributed by atoms with van der Waals surface area (Å²) in [5.74, 6) is 0.172. The van der Waals surface area contributed by atoms with Crippen LogP contribution < -0.4 is 11.1 Å². The van der Waals surface area contributed by atoms with Crippen LogP contribution in [0.1, 0.15) is 19.3 Å². The first-order chi connectivity index (χ1) is 7.77. The Labute approximate surface area is 96.6 Å². The van der Waals surface area contributed by atoms with Crippen molar-refractivity contribution in [3.05, 3.63) is 0 Å². The minimum atomic E-state index is 0.0685. The van der Waals surface area contributed by atoms with Crippen LogP contribution in [0.5, 0.6) is 0 Å². The molecule has 1 saturated heterocycles. The Kier molecular flexibility index (Phi) is 5.83. The van der Waals surface area contributed by atoms with Crippen LogP contribution >= 0.6 is 0 Å². The summed E-state index contributed by atoms with van der Waals surface area (Å²) in [5.41, 5.74) is 5.34. The summed E-state index contributed by atoms with van der Waals surface area (Å²) < 4.78 is 0. The third-order valence-electron chi connectivity index (χ3n) is 2.86. The Bertz CT molecular complexity index is 261. The van der Waals surface area contributed by atoms with Crippen LogP contribution in [0.2, 0.25) is 0 Å². The van der Waals surface area contributed by atoms with E-state index >= 15 is 0 Å². The van der Waals surface area contributed by atoms with Gasteiger partial charge in [-0.2, -0.15) is 5.26 Å². The van der Waals surface area contributed by atoms with Crippen LogP contribution in [0.25, 0.3) is 0 Å². The molecule has 1 amide bonds. The van der Waals surface area contributed by atoms with Gasteiger partial charge in [0.25, 0.3) is 0 Å². The minimum absolute atomic E-state index is 0.0685. The highest BCUT2D eigenvalue weighted by Crippen LogP contribution is 2.16. The van der Waals surface area contributed by atoms with Crippen molar-refractivity contribution in [3.8, 4) is 6.07 Å². The summed E-state index contributed by atoms with van der Waals surface area (Å²) >= 11 is 0. The topological polar surface area (TPSA) is 82.2 Å². The number of nitriles is 1. The zero-order chi connectivity index (χ0) is 11.8. The van der Waals surface area contributed by atoms with Crippen LogP contribution in [0.3, 0.4) is 0 Å². The van der Waals surface area contributed by atoms with Crippen LogP contribution in [0, 0.1) is 17.2 Å². The molecule has 0 bridgehead atoms. The van der Waals surface area contributed by atoms with Crippen molar-refractivity contribution in [1.82, 2.24) is 10.2 Å². The van der Waals surface area contributed by atoms with Gasteiger partial charge in [0, 0.05) is 32.6 Å². The van der Waals surface area contributed by atoms with Crippen molar-refractivity contribution in [2.75, 3.05) is 32.7 Å². The fraction of sp³-hybridized carbons (Fsp3) is 0.818. The molecule has 1 heterocycles. The van der Waals surface area contributed by atoms with Gasteiger partial charge in [-0.05, 0) is 19.4 Å². The van der Waals surface area contributed by atoms with Crippen molar-refractivity contribution >= 4 is 5.91 Å². The van der Waals surface area contributed by atoms with E-state index in [2.05, 4.69) is 16.3 Å². The van der Waals surface area contributed by atoms with E-state index in [0.717, 1.165) is 32.5 Å². The Balaban J connectivity index is 2.32. The first-order valence-corrected chi connectivity index (χ1v) is 5.85. The van der Waals surface area contributed by atoms with Gasteiger partial charge in [-0.25, -0.2) is 0 Å². The number of piperidine rings is 1. The molecule has 1 fully saturated rings. The first kappa shape index (κ1) is 12.9. The Hall–Kier alpha value is -1.12. The maximum atomic E-state index is 11.7. The van der Waals surface area contributed by atoms with E-state index in [-0.39, 0.29) is 11.8 Å². The number of carbonyl (C=O) groups excluding carboxylic acids is 1. The monoisotopic (exact) mass is 224 g/mol. The van der Waals surface area contributed by atoms with Gasteiger partial charge in [0.2, 0.25) is 5.91 Å². The number of likely N-dealkylation sites (tertiary alicyclic amines) is 1. The molecule has 0 aromatic rings. The number of hydrogen-bond donors (Lipinski definition) is 2. The molecule has 16 heavy (non-hydrogen) atoms. The summed E-state index contributed by atoms with van der Waals surface area (Å²) in [6.45, 7) is 3.59. The first-order valence-electron chi connectivity index (χ1n) is 5.85. The van der Waals surface area contributed by atoms with Gasteiger partial charge in [0.05, 0.1) is 12.0 Å². The lowest BCUT2D eigenvalue weighted by Gasteiger charge is -2.31. The van der Waals surface area contributed by atoms with Crippen LogP contribution in [0.4, 0.5) is 0 Å². The standard InChI is InChI=1S/C11H20N4O/c12-4-2-8-15-7-1-3-10(9-15)11(16)14-6-5-13/h10H,1-3,5-9,13H2,(H,14,16). The van der Waals surface area contributed by atoms with Gasteiger partial charge in [-0.3, -0.25) is 4.79 Å².